The summed E-state index contributed by atoms with van der Waals surface area (Å²) in [5.41, 5.74) is 2.30. The highest BCUT2D eigenvalue weighted by Gasteiger charge is 2.00. The fourth-order valence-corrected chi connectivity index (χ4v) is 2.39. The van der Waals surface area contributed by atoms with Gasteiger partial charge in [-0.05, 0) is 43.0 Å². The first-order chi connectivity index (χ1) is 12.2. The largest absolute Gasteiger partial charge is 0.493 e. The van der Waals surface area contributed by atoms with Gasteiger partial charge in [0.15, 0.2) is 5.96 Å². The molecule has 0 radical (unpaired) electrons. The SMILES string of the molecule is CN=C(NCCCOc1ccccc1C)NCCc1ccc(Cl)nc1. The van der Waals surface area contributed by atoms with Gasteiger partial charge in [-0.1, -0.05) is 35.9 Å². The molecule has 0 saturated heterocycles. The van der Waals surface area contributed by atoms with Gasteiger partial charge < -0.3 is 15.4 Å². The van der Waals surface area contributed by atoms with Crippen LogP contribution in [0.2, 0.25) is 5.15 Å². The molecule has 0 atom stereocenters. The normalized spacial score (nSPS) is 11.2. The predicted octanol–water partition coefficient (Wildman–Crippen LogP) is 3.22. The number of aliphatic imine (C=N–C) groups is 1. The molecule has 0 saturated carbocycles. The lowest BCUT2D eigenvalue weighted by atomic mass is 10.2. The topological polar surface area (TPSA) is 58.5 Å². The number of halogens is 1. The summed E-state index contributed by atoms with van der Waals surface area (Å²) in [6.45, 7) is 4.30. The molecule has 2 aromatic rings. The van der Waals surface area contributed by atoms with Gasteiger partial charge in [-0.3, -0.25) is 4.99 Å². The molecule has 6 heteroatoms. The Bertz CT molecular complexity index is 673. The quantitative estimate of drug-likeness (QED) is 0.328. The van der Waals surface area contributed by atoms with Gasteiger partial charge in [0, 0.05) is 26.3 Å². The van der Waals surface area contributed by atoms with E-state index in [1.165, 1.54) is 0 Å². The van der Waals surface area contributed by atoms with E-state index in [0.29, 0.717) is 11.8 Å². The Hall–Kier alpha value is -2.27. The van der Waals surface area contributed by atoms with Gasteiger partial charge in [0.05, 0.1) is 6.61 Å². The number of aryl methyl sites for hydroxylation is 1. The van der Waals surface area contributed by atoms with Crippen LogP contribution in [0.15, 0.2) is 47.6 Å². The minimum absolute atomic E-state index is 0.516. The summed E-state index contributed by atoms with van der Waals surface area (Å²) in [5, 5.41) is 7.09. The highest BCUT2D eigenvalue weighted by Crippen LogP contribution is 2.15. The Morgan fingerprint density at radius 1 is 1.16 bits per heavy atom. The zero-order valence-electron chi connectivity index (χ0n) is 14.8. The van der Waals surface area contributed by atoms with Crippen molar-refractivity contribution in [1.29, 1.82) is 0 Å². The lowest BCUT2D eigenvalue weighted by Crippen LogP contribution is -2.39. The van der Waals surface area contributed by atoms with E-state index >= 15 is 0 Å². The third-order valence-corrected chi connectivity index (χ3v) is 3.91. The fourth-order valence-electron chi connectivity index (χ4n) is 2.28. The molecule has 0 aliphatic rings. The van der Waals surface area contributed by atoms with Crippen molar-refractivity contribution in [3.8, 4) is 5.75 Å². The van der Waals surface area contributed by atoms with Gasteiger partial charge in [-0.25, -0.2) is 4.98 Å². The molecule has 0 aliphatic heterocycles. The zero-order chi connectivity index (χ0) is 17.9. The predicted molar refractivity (Wildman–Crippen MR) is 104 cm³/mol. The molecule has 0 spiro atoms. The molecule has 25 heavy (non-hydrogen) atoms. The van der Waals surface area contributed by atoms with E-state index in [1.54, 1.807) is 19.3 Å². The van der Waals surface area contributed by atoms with Crippen molar-refractivity contribution in [3.05, 3.63) is 58.9 Å². The van der Waals surface area contributed by atoms with Crippen molar-refractivity contribution in [2.24, 2.45) is 4.99 Å². The average molecular weight is 361 g/mol. The summed E-state index contributed by atoms with van der Waals surface area (Å²) in [5.74, 6) is 1.74. The number of guanidine groups is 1. The molecular formula is C19H25ClN4O. The molecule has 0 amide bonds. The second-order valence-electron chi connectivity index (χ2n) is 5.63. The maximum atomic E-state index is 5.78. The Morgan fingerprint density at radius 3 is 2.68 bits per heavy atom. The highest BCUT2D eigenvalue weighted by atomic mass is 35.5. The number of hydrogen-bond donors (Lipinski definition) is 2. The first-order valence-corrected chi connectivity index (χ1v) is 8.80. The van der Waals surface area contributed by atoms with E-state index in [9.17, 15) is 0 Å². The average Bonchev–Trinajstić information content (AvgIpc) is 2.63. The Kier molecular flexibility index (Phi) is 8.05. The van der Waals surface area contributed by atoms with Gasteiger partial charge >= 0.3 is 0 Å². The summed E-state index contributed by atoms with van der Waals surface area (Å²) in [4.78, 5) is 8.30. The molecule has 1 heterocycles. The molecule has 0 unspecified atom stereocenters. The molecule has 5 nitrogen and oxygen atoms in total. The van der Waals surface area contributed by atoms with Crippen LogP contribution in [0.5, 0.6) is 5.75 Å². The van der Waals surface area contributed by atoms with Crippen LogP contribution in [-0.2, 0) is 6.42 Å². The van der Waals surface area contributed by atoms with Crippen LogP contribution in [0, 0.1) is 6.92 Å². The molecule has 0 bridgehead atoms. The summed E-state index contributed by atoms with van der Waals surface area (Å²) >= 11 is 5.78. The first-order valence-electron chi connectivity index (χ1n) is 8.42. The molecular weight excluding hydrogens is 336 g/mol. The third kappa shape index (κ3) is 7.01. The lowest BCUT2D eigenvalue weighted by Gasteiger charge is -2.12. The van der Waals surface area contributed by atoms with Crippen molar-refractivity contribution in [1.82, 2.24) is 15.6 Å². The number of pyridine rings is 1. The third-order valence-electron chi connectivity index (χ3n) is 3.68. The van der Waals surface area contributed by atoms with Crippen molar-refractivity contribution >= 4 is 17.6 Å². The molecule has 2 N–H and O–H groups in total. The number of ether oxygens (including phenoxy) is 1. The van der Waals surface area contributed by atoms with E-state index < -0.39 is 0 Å². The number of rotatable bonds is 8. The molecule has 1 aromatic heterocycles. The highest BCUT2D eigenvalue weighted by molar-refractivity contribution is 6.29. The van der Waals surface area contributed by atoms with Crippen LogP contribution in [0.4, 0.5) is 0 Å². The summed E-state index contributed by atoms with van der Waals surface area (Å²) < 4.78 is 5.78. The van der Waals surface area contributed by atoms with E-state index in [2.05, 4.69) is 33.6 Å². The van der Waals surface area contributed by atoms with E-state index in [1.807, 2.05) is 24.3 Å². The van der Waals surface area contributed by atoms with Crippen molar-refractivity contribution < 1.29 is 4.74 Å². The monoisotopic (exact) mass is 360 g/mol. The number of nitrogens with one attached hydrogen (secondary N) is 2. The maximum Gasteiger partial charge on any atom is 0.190 e. The van der Waals surface area contributed by atoms with Gasteiger partial charge in [0.2, 0.25) is 0 Å². The number of hydrogen-bond acceptors (Lipinski definition) is 3. The van der Waals surface area contributed by atoms with Crippen molar-refractivity contribution in [3.63, 3.8) is 0 Å². The van der Waals surface area contributed by atoms with Crippen LogP contribution in [0.1, 0.15) is 17.5 Å². The number of aromatic nitrogens is 1. The van der Waals surface area contributed by atoms with Gasteiger partial charge in [0.1, 0.15) is 10.9 Å². The summed E-state index contributed by atoms with van der Waals surface area (Å²) in [6, 6.07) is 11.8. The maximum absolute atomic E-state index is 5.78. The molecule has 0 aliphatic carbocycles. The van der Waals surface area contributed by atoms with Crippen LogP contribution in [-0.4, -0.2) is 37.7 Å². The van der Waals surface area contributed by atoms with Crippen LogP contribution in [0.3, 0.4) is 0 Å². The van der Waals surface area contributed by atoms with E-state index in [0.717, 1.165) is 48.8 Å². The second kappa shape index (κ2) is 10.6. The smallest absolute Gasteiger partial charge is 0.190 e. The molecule has 1 aromatic carbocycles. The Balaban J connectivity index is 1.60. The van der Waals surface area contributed by atoms with Gasteiger partial charge in [0.25, 0.3) is 0 Å². The Labute approximate surface area is 154 Å². The van der Waals surface area contributed by atoms with Gasteiger partial charge in [-0.2, -0.15) is 0 Å². The van der Waals surface area contributed by atoms with E-state index in [-0.39, 0.29) is 0 Å². The number of benzene rings is 1. The summed E-state index contributed by atoms with van der Waals surface area (Å²) in [7, 11) is 1.77. The summed E-state index contributed by atoms with van der Waals surface area (Å²) in [6.07, 6.45) is 3.56. The zero-order valence-corrected chi connectivity index (χ0v) is 15.5. The van der Waals surface area contributed by atoms with Gasteiger partial charge in [-0.15, -0.1) is 0 Å². The van der Waals surface area contributed by atoms with Crippen molar-refractivity contribution in [2.45, 2.75) is 19.8 Å². The molecule has 0 fully saturated rings. The fraction of sp³-hybridized carbons (Fsp3) is 0.368. The first kappa shape index (κ1) is 19.1. The van der Waals surface area contributed by atoms with Crippen LogP contribution >= 0.6 is 11.6 Å². The minimum atomic E-state index is 0.516. The van der Waals surface area contributed by atoms with Crippen LogP contribution < -0.4 is 15.4 Å². The molecule has 2 rings (SSSR count). The molecule has 134 valence electrons. The number of para-hydroxylation sites is 1. The second-order valence-corrected chi connectivity index (χ2v) is 6.02. The standard InChI is InChI=1S/C19H25ClN4O/c1-15-6-3-4-7-17(15)25-13-5-11-22-19(21-2)23-12-10-16-8-9-18(20)24-14-16/h3-4,6-9,14H,5,10-13H2,1-2H3,(H2,21,22,23). The minimum Gasteiger partial charge on any atom is -0.493 e. The van der Waals surface area contributed by atoms with Crippen LogP contribution in [0.25, 0.3) is 0 Å². The number of nitrogens with zero attached hydrogens (tertiary/aromatic N) is 2. The Morgan fingerprint density at radius 2 is 1.96 bits per heavy atom. The lowest BCUT2D eigenvalue weighted by molar-refractivity contribution is 0.309. The van der Waals surface area contributed by atoms with E-state index in [4.69, 9.17) is 16.3 Å². The van der Waals surface area contributed by atoms with Crippen molar-refractivity contribution in [2.75, 3.05) is 26.7 Å².